The second kappa shape index (κ2) is 5.40. The molecule has 0 aliphatic heterocycles. The highest BCUT2D eigenvalue weighted by molar-refractivity contribution is 5.41. The van der Waals surface area contributed by atoms with Crippen molar-refractivity contribution in [3.8, 4) is 6.07 Å². The van der Waals surface area contributed by atoms with Gasteiger partial charge in [0.15, 0.2) is 0 Å². The third-order valence-corrected chi connectivity index (χ3v) is 4.24. The molecule has 1 fully saturated rings. The number of nitriles is 1. The number of nitrogens with zero attached hydrogens (tertiary/aromatic N) is 2. The first-order chi connectivity index (χ1) is 9.10. The Bertz CT molecular complexity index is 521. The fourth-order valence-corrected chi connectivity index (χ4v) is 3.09. The molecule has 4 heteroatoms. The minimum Gasteiger partial charge on any atom is -0.258 e. The highest BCUT2D eigenvalue weighted by Gasteiger charge is 2.39. The molecule has 1 aromatic carbocycles. The van der Waals surface area contributed by atoms with E-state index in [0.29, 0.717) is 17.9 Å². The zero-order chi connectivity index (χ0) is 13.9. The summed E-state index contributed by atoms with van der Waals surface area (Å²) >= 11 is 0. The third kappa shape index (κ3) is 2.76. The van der Waals surface area contributed by atoms with Gasteiger partial charge in [0.25, 0.3) is 5.69 Å². The van der Waals surface area contributed by atoms with E-state index >= 15 is 0 Å². The monoisotopic (exact) mass is 258 g/mol. The highest BCUT2D eigenvalue weighted by atomic mass is 16.6. The lowest BCUT2D eigenvalue weighted by Gasteiger charge is -2.20. The molecule has 1 saturated carbocycles. The zero-order valence-electron chi connectivity index (χ0n) is 11.1. The predicted octanol–water partition coefficient (Wildman–Crippen LogP) is 3.86. The Morgan fingerprint density at radius 3 is 2.84 bits per heavy atom. The molecule has 0 N–H and O–H groups in total. The first-order valence-electron chi connectivity index (χ1n) is 6.74. The van der Waals surface area contributed by atoms with Gasteiger partial charge in [0.05, 0.1) is 16.4 Å². The smallest absolute Gasteiger partial charge is 0.258 e. The van der Waals surface area contributed by atoms with Gasteiger partial charge in [0.1, 0.15) is 0 Å². The van der Waals surface area contributed by atoms with Gasteiger partial charge in [-0.15, -0.1) is 0 Å². The van der Waals surface area contributed by atoms with Crippen LogP contribution in [-0.4, -0.2) is 4.92 Å². The molecule has 0 amide bonds. The molecule has 1 aliphatic carbocycles. The maximum absolute atomic E-state index is 11.0. The van der Waals surface area contributed by atoms with E-state index < -0.39 is 5.41 Å². The Labute approximate surface area is 113 Å². The largest absolute Gasteiger partial charge is 0.272 e. The van der Waals surface area contributed by atoms with E-state index in [1.165, 1.54) is 6.07 Å². The number of hydrogen-bond donors (Lipinski definition) is 0. The van der Waals surface area contributed by atoms with Crippen LogP contribution in [0.25, 0.3) is 0 Å². The van der Waals surface area contributed by atoms with Crippen LogP contribution in [0.5, 0.6) is 0 Å². The van der Waals surface area contributed by atoms with E-state index in [0.717, 1.165) is 25.7 Å². The number of para-hydroxylation sites is 1. The van der Waals surface area contributed by atoms with Gasteiger partial charge in [0, 0.05) is 11.6 Å². The summed E-state index contributed by atoms with van der Waals surface area (Å²) in [5.41, 5.74) is 0.412. The fraction of sp³-hybridized carbons (Fsp3) is 0.533. The quantitative estimate of drug-likeness (QED) is 0.608. The van der Waals surface area contributed by atoms with Crippen LogP contribution in [0.15, 0.2) is 24.3 Å². The molecule has 0 bridgehead atoms. The van der Waals surface area contributed by atoms with Crippen molar-refractivity contribution >= 4 is 5.69 Å². The fourth-order valence-electron chi connectivity index (χ4n) is 3.09. The van der Waals surface area contributed by atoms with Crippen molar-refractivity contribution in [2.45, 2.75) is 39.0 Å². The number of rotatable bonds is 4. The number of hydrogen-bond acceptors (Lipinski definition) is 3. The van der Waals surface area contributed by atoms with Gasteiger partial charge in [-0.25, -0.2) is 0 Å². The van der Waals surface area contributed by atoms with Crippen molar-refractivity contribution < 1.29 is 4.92 Å². The molecule has 0 saturated heterocycles. The van der Waals surface area contributed by atoms with Gasteiger partial charge in [-0.1, -0.05) is 31.5 Å². The maximum Gasteiger partial charge on any atom is 0.272 e. The van der Waals surface area contributed by atoms with E-state index in [1.54, 1.807) is 18.2 Å². The van der Waals surface area contributed by atoms with Crippen LogP contribution in [-0.2, 0) is 6.42 Å². The van der Waals surface area contributed by atoms with E-state index in [9.17, 15) is 15.4 Å². The Hall–Kier alpha value is -1.89. The average molecular weight is 258 g/mol. The lowest BCUT2D eigenvalue weighted by molar-refractivity contribution is -0.385. The zero-order valence-corrected chi connectivity index (χ0v) is 11.1. The van der Waals surface area contributed by atoms with Crippen LogP contribution >= 0.6 is 0 Å². The molecule has 2 atom stereocenters. The Balaban J connectivity index is 2.25. The summed E-state index contributed by atoms with van der Waals surface area (Å²) in [6, 6.07) is 9.20. The molecule has 19 heavy (non-hydrogen) atoms. The second-order valence-corrected chi connectivity index (χ2v) is 5.47. The molecule has 0 spiro atoms. The van der Waals surface area contributed by atoms with Crippen LogP contribution in [0.4, 0.5) is 5.69 Å². The second-order valence-electron chi connectivity index (χ2n) is 5.47. The SMILES string of the molecule is CCC1CCC(C#N)(Cc2ccccc2[N+](=O)[O-])C1. The Morgan fingerprint density at radius 1 is 1.53 bits per heavy atom. The van der Waals surface area contributed by atoms with E-state index in [2.05, 4.69) is 13.0 Å². The van der Waals surface area contributed by atoms with Gasteiger partial charge in [-0.3, -0.25) is 10.1 Å². The molecule has 0 radical (unpaired) electrons. The maximum atomic E-state index is 11.0. The first kappa shape index (κ1) is 13.5. The molecular weight excluding hydrogens is 240 g/mol. The Kier molecular flexibility index (Phi) is 3.84. The van der Waals surface area contributed by atoms with Crippen molar-refractivity contribution in [3.63, 3.8) is 0 Å². The van der Waals surface area contributed by atoms with Crippen molar-refractivity contribution in [2.24, 2.45) is 11.3 Å². The van der Waals surface area contributed by atoms with E-state index in [4.69, 9.17) is 0 Å². The molecule has 2 rings (SSSR count). The molecule has 4 nitrogen and oxygen atoms in total. The van der Waals surface area contributed by atoms with Crippen molar-refractivity contribution in [1.29, 1.82) is 5.26 Å². The topological polar surface area (TPSA) is 66.9 Å². The molecule has 1 aromatic rings. The minimum atomic E-state index is -0.410. The predicted molar refractivity (Wildman–Crippen MR) is 72.5 cm³/mol. The first-order valence-corrected chi connectivity index (χ1v) is 6.74. The summed E-state index contributed by atoms with van der Waals surface area (Å²) < 4.78 is 0. The summed E-state index contributed by atoms with van der Waals surface area (Å²) in [6.45, 7) is 2.14. The van der Waals surface area contributed by atoms with Crippen molar-refractivity contribution in [2.75, 3.05) is 0 Å². The van der Waals surface area contributed by atoms with E-state index in [1.807, 2.05) is 0 Å². The summed E-state index contributed by atoms with van der Waals surface area (Å²) in [4.78, 5) is 10.7. The van der Waals surface area contributed by atoms with Crippen LogP contribution in [0.2, 0.25) is 0 Å². The molecular formula is C15H18N2O2. The van der Waals surface area contributed by atoms with Crippen LogP contribution < -0.4 is 0 Å². The van der Waals surface area contributed by atoms with Gasteiger partial charge in [-0.2, -0.15) is 5.26 Å². The van der Waals surface area contributed by atoms with Crippen LogP contribution in [0, 0.1) is 32.8 Å². The van der Waals surface area contributed by atoms with Crippen LogP contribution in [0.1, 0.15) is 38.2 Å². The summed E-state index contributed by atoms with van der Waals surface area (Å²) in [5.74, 6) is 0.586. The van der Waals surface area contributed by atoms with Gasteiger partial charge < -0.3 is 0 Å². The molecule has 1 aliphatic rings. The van der Waals surface area contributed by atoms with E-state index in [-0.39, 0.29) is 10.6 Å². The average Bonchev–Trinajstić information content (AvgIpc) is 2.83. The molecule has 2 unspecified atom stereocenters. The van der Waals surface area contributed by atoms with Crippen LogP contribution in [0.3, 0.4) is 0 Å². The lowest BCUT2D eigenvalue weighted by atomic mass is 9.80. The third-order valence-electron chi connectivity index (χ3n) is 4.24. The number of benzene rings is 1. The van der Waals surface area contributed by atoms with Crippen molar-refractivity contribution in [3.05, 3.63) is 39.9 Å². The lowest BCUT2D eigenvalue weighted by Crippen LogP contribution is -2.18. The molecule has 0 heterocycles. The summed E-state index contributed by atoms with van der Waals surface area (Å²) in [7, 11) is 0. The number of nitro groups is 1. The summed E-state index contributed by atoms with van der Waals surface area (Å²) in [5, 5.41) is 20.5. The molecule has 100 valence electrons. The van der Waals surface area contributed by atoms with Gasteiger partial charge in [0.2, 0.25) is 0 Å². The minimum absolute atomic E-state index is 0.136. The normalized spacial score (nSPS) is 26.0. The van der Waals surface area contributed by atoms with Gasteiger partial charge >= 0.3 is 0 Å². The standard InChI is InChI=1S/C15H18N2O2/c1-2-12-7-8-15(9-12,11-16)10-13-5-3-4-6-14(13)17(18)19/h3-6,12H,2,7-10H2,1H3. The van der Waals surface area contributed by atoms with Crippen molar-refractivity contribution in [1.82, 2.24) is 0 Å². The summed E-state index contributed by atoms with van der Waals surface area (Å²) in [6.07, 6.45) is 4.36. The molecule has 0 aromatic heterocycles. The Morgan fingerprint density at radius 2 is 2.26 bits per heavy atom. The van der Waals surface area contributed by atoms with Gasteiger partial charge in [-0.05, 0) is 31.6 Å². The highest BCUT2D eigenvalue weighted by Crippen LogP contribution is 2.45. The number of nitro benzene ring substituents is 1.